The van der Waals surface area contributed by atoms with Gasteiger partial charge in [0.25, 0.3) is 5.91 Å². The minimum Gasteiger partial charge on any atom is -0.480 e. The Kier molecular flexibility index (Phi) is 25.1. The summed E-state index contributed by atoms with van der Waals surface area (Å²) in [6.07, 6.45) is -3.09. The second-order valence-electron chi connectivity index (χ2n) is 14.0. The molecule has 0 radical (unpaired) electrons. The molecule has 1 fully saturated rings. The van der Waals surface area contributed by atoms with Gasteiger partial charge in [-0.05, 0) is 19.3 Å². The van der Waals surface area contributed by atoms with Crippen LogP contribution < -0.4 is 54.4 Å². The second kappa shape index (κ2) is 28.7. The molecule has 1 saturated heterocycles. The molecule has 0 aliphatic carbocycles. The zero-order valence-electron chi connectivity index (χ0n) is 34.9. The van der Waals surface area contributed by atoms with Gasteiger partial charge in [-0.25, -0.2) is 0 Å². The van der Waals surface area contributed by atoms with E-state index in [-0.39, 0.29) is 0 Å². The van der Waals surface area contributed by atoms with E-state index in [1.54, 1.807) is 0 Å². The first-order chi connectivity index (χ1) is 31.2. The van der Waals surface area contributed by atoms with E-state index in [1.165, 1.54) is 0 Å². The number of thioether (sulfide) groups is 3. The van der Waals surface area contributed by atoms with Crippen LogP contribution in [-0.2, 0) is 67.1 Å². The molecule has 1 aliphatic rings. The van der Waals surface area contributed by atoms with Crippen molar-refractivity contribution in [2.75, 3.05) is 36.9 Å². The van der Waals surface area contributed by atoms with Gasteiger partial charge >= 0.3 is 35.8 Å². The van der Waals surface area contributed by atoms with Gasteiger partial charge in [-0.1, -0.05) is 0 Å². The molecule has 0 aromatic heterocycles. The summed E-state index contributed by atoms with van der Waals surface area (Å²) in [5.41, 5.74) is 16.4. The first-order valence-corrected chi connectivity index (χ1v) is 22.3. The highest BCUT2D eigenvalue weighted by Gasteiger charge is 2.58. The fourth-order valence-corrected chi connectivity index (χ4v) is 10.0. The highest BCUT2D eigenvalue weighted by Crippen LogP contribution is 2.49. The van der Waals surface area contributed by atoms with Crippen LogP contribution in [0.15, 0.2) is 0 Å². The van der Waals surface area contributed by atoms with Crippen molar-refractivity contribution in [3.63, 3.8) is 0 Å². The molecule has 0 aromatic carbocycles. The maximum absolute atomic E-state index is 14.0. The normalized spacial score (nSPS) is 16.6. The summed E-state index contributed by atoms with van der Waals surface area (Å²) < 4.78 is -2.33. The lowest BCUT2D eigenvalue weighted by Crippen LogP contribution is -2.53. The zero-order chi connectivity index (χ0) is 51.2. The molecule has 30 nitrogen and oxygen atoms in total. The van der Waals surface area contributed by atoms with E-state index < -0.39 is 204 Å². The molecule has 0 aromatic rings. The minimum atomic E-state index is -2.33. The smallest absolute Gasteiger partial charge is 0.322 e. The number of rotatable bonds is 33. The van der Waals surface area contributed by atoms with Crippen molar-refractivity contribution in [1.82, 2.24) is 37.2 Å². The molecule has 1 aliphatic heterocycles. The highest BCUT2D eigenvalue weighted by atomic mass is 32.2. The molecular weight excluding hydrogens is 965 g/mol. The Bertz CT molecular complexity index is 1850. The lowest BCUT2D eigenvalue weighted by molar-refractivity contribution is -0.140. The maximum Gasteiger partial charge on any atom is 0.322 e. The Labute approximate surface area is 390 Å². The van der Waals surface area contributed by atoms with Crippen molar-refractivity contribution in [2.45, 2.75) is 84.1 Å². The van der Waals surface area contributed by atoms with Gasteiger partial charge in [0.2, 0.25) is 41.4 Å². The molecule has 374 valence electrons. The Hall–Kier alpha value is -6.29. The second-order valence-corrected chi connectivity index (χ2v) is 17.9. The van der Waals surface area contributed by atoms with Gasteiger partial charge in [0.1, 0.15) is 61.1 Å². The summed E-state index contributed by atoms with van der Waals surface area (Å²) in [6, 6.07) is -9.87. The number of carboxylic acids is 6. The van der Waals surface area contributed by atoms with Gasteiger partial charge in [0.05, 0.1) is 0 Å². The van der Waals surface area contributed by atoms with Crippen molar-refractivity contribution in [2.24, 2.45) is 17.2 Å². The number of carbonyl (C=O) groups excluding carboxylic acids is 8. The molecule has 0 bridgehead atoms. The minimum absolute atomic E-state index is 0.416. The summed E-state index contributed by atoms with van der Waals surface area (Å²) in [6.45, 7) is -2.97. The van der Waals surface area contributed by atoms with Crippen LogP contribution in [0.4, 0.5) is 0 Å². The van der Waals surface area contributed by atoms with Gasteiger partial charge in [-0.2, -0.15) is 0 Å². The fourth-order valence-electron chi connectivity index (χ4n) is 5.11. The van der Waals surface area contributed by atoms with Gasteiger partial charge < -0.3 is 79.7 Å². The van der Waals surface area contributed by atoms with Gasteiger partial charge in [-0.3, -0.25) is 72.4 Å². The summed E-state index contributed by atoms with van der Waals surface area (Å²) in [5, 5.41) is 67.9. The Balaban J connectivity index is 3.84. The Morgan fingerprint density at radius 3 is 1.10 bits per heavy atom. The quantitative estimate of drug-likeness (QED) is 0.0214. The SMILES string of the molecule is N[C@@H](CCC(=O)N[C@@H](CSC1C(=O)NC(=O)C1(SC[C@H](NC(=O)CC[C@H](N)C(=O)O)C(=O)NCC(=O)O)SC[C@H](NC(=O)CC[C@H](N)C(=O)O)C(=O)NCC(=O)O)C(=O)NCC(=O)O)C(=O)O. The van der Waals surface area contributed by atoms with Crippen LogP contribution >= 0.6 is 35.3 Å². The van der Waals surface area contributed by atoms with Crippen LogP contribution in [0.3, 0.4) is 0 Å². The predicted molar refractivity (Wildman–Crippen MR) is 229 cm³/mol. The zero-order valence-corrected chi connectivity index (χ0v) is 37.3. The van der Waals surface area contributed by atoms with Crippen LogP contribution in [0.1, 0.15) is 38.5 Å². The number of carbonyl (C=O) groups is 14. The third kappa shape index (κ3) is 21.3. The number of hydrogen-bond acceptors (Lipinski definition) is 20. The average Bonchev–Trinajstić information content (AvgIpc) is 3.48. The molecule has 7 atom stereocenters. The first kappa shape index (κ1) is 58.7. The summed E-state index contributed by atoms with van der Waals surface area (Å²) in [5.74, 6) is -20.0. The number of nitrogens with two attached hydrogens (primary N) is 3. The molecule has 1 heterocycles. The molecular formula is C34H50N10O20S3. The summed E-state index contributed by atoms with van der Waals surface area (Å²) in [7, 11) is 0. The van der Waals surface area contributed by atoms with Crippen molar-refractivity contribution in [3.05, 3.63) is 0 Å². The van der Waals surface area contributed by atoms with E-state index in [2.05, 4.69) is 16.0 Å². The van der Waals surface area contributed by atoms with Crippen molar-refractivity contribution >= 4 is 118 Å². The number of aliphatic carboxylic acids is 6. The lowest BCUT2D eigenvalue weighted by atomic mass is 10.1. The maximum atomic E-state index is 14.0. The first-order valence-electron chi connectivity index (χ1n) is 19.3. The van der Waals surface area contributed by atoms with Crippen molar-refractivity contribution < 1.29 is 97.8 Å². The molecule has 8 amide bonds. The fraction of sp³-hybridized carbons (Fsp3) is 0.588. The predicted octanol–water partition coefficient (Wildman–Crippen LogP) is -7.46. The molecule has 0 spiro atoms. The van der Waals surface area contributed by atoms with E-state index >= 15 is 0 Å². The molecule has 0 saturated carbocycles. The molecule has 1 unspecified atom stereocenters. The lowest BCUT2D eigenvalue weighted by Gasteiger charge is -2.33. The average molecular weight is 1020 g/mol. The topological polar surface area (TPSA) is 523 Å². The van der Waals surface area contributed by atoms with E-state index in [9.17, 15) is 67.1 Å². The van der Waals surface area contributed by atoms with Gasteiger partial charge in [0, 0.05) is 36.5 Å². The van der Waals surface area contributed by atoms with Crippen LogP contribution in [0.2, 0.25) is 0 Å². The van der Waals surface area contributed by atoms with Gasteiger partial charge in [0.15, 0.2) is 4.08 Å². The van der Waals surface area contributed by atoms with Gasteiger partial charge in [-0.15, -0.1) is 35.3 Å². The number of amides is 8. The Morgan fingerprint density at radius 1 is 0.522 bits per heavy atom. The molecule has 19 N–H and O–H groups in total. The third-order valence-electron chi connectivity index (χ3n) is 8.69. The summed E-state index contributed by atoms with van der Waals surface area (Å²) in [4.78, 5) is 174. The van der Waals surface area contributed by atoms with Crippen molar-refractivity contribution in [1.29, 1.82) is 0 Å². The van der Waals surface area contributed by atoms with E-state index in [1.807, 2.05) is 21.3 Å². The van der Waals surface area contributed by atoms with Crippen LogP contribution in [0.25, 0.3) is 0 Å². The van der Waals surface area contributed by atoms with E-state index in [0.717, 1.165) is 0 Å². The Morgan fingerprint density at radius 2 is 0.821 bits per heavy atom. The van der Waals surface area contributed by atoms with Crippen LogP contribution in [0.5, 0.6) is 0 Å². The monoisotopic (exact) mass is 1010 g/mol. The number of imide groups is 1. The standard InChI is InChI=1S/C34H50N10O20S3/c35-13(30(58)59)1-4-19(45)41-16(26(54)38-7-22(48)49)10-65-25-29(57)44-33(64)34(25,66-11-17(27(55)39-8-23(50)51)42-20(46)5-2-14(36)31(60)61)67-12-18(28(56)40-9-24(52)53)43-21(47)6-3-15(37)32(62)63/h13-18,25H,1-12,35-37H2,(H,38,54)(H,39,55)(H,40,56)(H,41,45)(H,42,46)(H,43,47)(H,48,49)(H,50,51)(H,52,53)(H,58,59)(H,60,61)(H,62,63)(H,44,57,64)/t13-,14-,15-,16-,17-,18-,25?/m0/s1. The highest BCUT2D eigenvalue weighted by molar-refractivity contribution is 8.21. The van der Waals surface area contributed by atoms with Crippen LogP contribution in [0, 0.1) is 0 Å². The third-order valence-corrected chi connectivity index (χ3v) is 13.8. The number of nitrogens with one attached hydrogen (secondary N) is 7. The largest absolute Gasteiger partial charge is 0.480 e. The van der Waals surface area contributed by atoms with Crippen LogP contribution in [-0.4, -0.2) is 196 Å². The number of hydrogen-bond donors (Lipinski definition) is 16. The molecule has 1 rings (SSSR count). The van der Waals surface area contributed by atoms with E-state index in [0.29, 0.717) is 35.3 Å². The molecule has 67 heavy (non-hydrogen) atoms. The van der Waals surface area contributed by atoms with E-state index in [4.69, 9.17) is 47.8 Å². The number of carboxylic acid groups (broad SMARTS) is 6. The summed E-state index contributed by atoms with van der Waals surface area (Å²) >= 11 is 1.29. The molecule has 33 heteroatoms. The van der Waals surface area contributed by atoms with Crippen molar-refractivity contribution in [3.8, 4) is 0 Å².